The van der Waals surface area contributed by atoms with Crippen LogP contribution in [-0.2, 0) is 14.3 Å². The highest BCUT2D eigenvalue weighted by atomic mass is 16.7. The Labute approximate surface area is 80.4 Å². The summed E-state index contributed by atoms with van der Waals surface area (Å²) in [4.78, 5) is 10.00. The summed E-state index contributed by atoms with van der Waals surface area (Å²) in [6.45, 7) is 0. The van der Waals surface area contributed by atoms with Gasteiger partial charge in [0, 0.05) is 20.6 Å². The summed E-state index contributed by atoms with van der Waals surface area (Å²) in [6, 6.07) is 0. The molecule has 0 bridgehead atoms. The molecule has 13 heavy (non-hydrogen) atoms. The molecule has 0 saturated heterocycles. The van der Waals surface area contributed by atoms with E-state index in [2.05, 4.69) is 0 Å². The zero-order chi connectivity index (χ0) is 9.94. The molecule has 0 radical (unpaired) electrons. The van der Waals surface area contributed by atoms with Crippen LogP contribution in [-0.4, -0.2) is 26.8 Å². The Balaban J connectivity index is 3.09. The Morgan fingerprint density at radius 3 is 2.23 bits per heavy atom. The number of rotatable bonds is 9. The average molecular weight is 188 g/mol. The molecule has 3 nitrogen and oxygen atoms in total. The molecular weight excluding hydrogens is 168 g/mol. The van der Waals surface area contributed by atoms with E-state index in [4.69, 9.17) is 9.47 Å². The second-order valence-electron chi connectivity index (χ2n) is 3.06. The fraction of sp³-hybridized carbons (Fsp3) is 0.900. The highest BCUT2D eigenvalue weighted by Gasteiger charge is 2.03. The van der Waals surface area contributed by atoms with Crippen molar-refractivity contribution in [1.29, 1.82) is 0 Å². The van der Waals surface area contributed by atoms with Gasteiger partial charge in [-0.2, -0.15) is 0 Å². The molecule has 0 spiro atoms. The highest BCUT2D eigenvalue weighted by Crippen LogP contribution is 2.08. The molecule has 0 amide bonds. The van der Waals surface area contributed by atoms with Crippen LogP contribution in [0.2, 0.25) is 0 Å². The van der Waals surface area contributed by atoms with Gasteiger partial charge in [0.25, 0.3) is 0 Å². The summed E-state index contributed by atoms with van der Waals surface area (Å²) in [5, 5.41) is 0. The van der Waals surface area contributed by atoms with Crippen LogP contribution < -0.4 is 0 Å². The standard InChI is InChI=1S/C10H20O3/c1-12-10(13-2)8-6-4-3-5-7-9-11/h9-10H,3-8H2,1-2H3. The maximum atomic E-state index is 10.00. The molecule has 0 aliphatic heterocycles. The second-order valence-corrected chi connectivity index (χ2v) is 3.06. The van der Waals surface area contributed by atoms with Crippen LogP contribution in [0.3, 0.4) is 0 Å². The van der Waals surface area contributed by atoms with E-state index in [1.165, 1.54) is 0 Å². The van der Waals surface area contributed by atoms with Gasteiger partial charge in [-0.15, -0.1) is 0 Å². The van der Waals surface area contributed by atoms with Crippen molar-refractivity contribution < 1.29 is 14.3 Å². The van der Waals surface area contributed by atoms with Gasteiger partial charge >= 0.3 is 0 Å². The third kappa shape index (κ3) is 7.94. The third-order valence-corrected chi connectivity index (χ3v) is 2.04. The number of hydrogen-bond donors (Lipinski definition) is 0. The minimum Gasteiger partial charge on any atom is -0.356 e. The molecule has 0 atom stereocenters. The molecule has 0 aliphatic rings. The molecule has 0 unspecified atom stereocenters. The van der Waals surface area contributed by atoms with Crippen molar-refractivity contribution in [3.05, 3.63) is 0 Å². The van der Waals surface area contributed by atoms with Crippen LogP contribution in [0.5, 0.6) is 0 Å². The predicted octanol–water partition coefficient (Wildman–Crippen LogP) is 2.14. The van der Waals surface area contributed by atoms with Gasteiger partial charge in [0.1, 0.15) is 6.29 Å². The van der Waals surface area contributed by atoms with Gasteiger partial charge in [0.2, 0.25) is 0 Å². The maximum absolute atomic E-state index is 10.00. The summed E-state index contributed by atoms with van der Waals surface area (Å²) in [7, 11) is 3.31. The topological polar surface area (TPSA) is 35.5 Å². The number of unbranched alkanes of at least 4 members (excludes halogenated alkanes) is 4. The number of methoxy groups -OCH3 is 2. The first kappa shape index (κ1) is 12.6. The largest absolute Gasteiger partial charge is 0.356 e. The summed E-state index contributed by atoms with van der Waals surface area (Å²) < 4.78 is 10.1. The van der Waals surface area contributed by atoms with E-state index in [0.717, 1.165) is 38.4 Å². The lowest BCUT2D eigenvalue weighted by Crippen LogP contribution is -2.12. The number of ether oxygens (including phenoxy) is 2. The molecular formula is C10H20O3. The quantitative estimate of drug-likeness (QED) is 0.316. The lowest BCUT2D eigenvalue weighted by atomic mass is 10.1. The zero-order valence-electron chi connectivity index (χ0n) is 8.62. The normalized spacial score (nSPS) is 10.7. The van der Waals surface area contributed by atoms with Crippen LogP contribution in [0.15, 0.2) is 0 Å². The van der Waals surface area contributed by atoms with Gasteiger partial charge < -0.3 is 14.3 Å². The molecule has 0 heterocycles. The fourth-order valence-corrected chi connectivity index (χ4v) is 1.22. The molecule has 3 heteroatoms. The van der Waals surface area contributed by atoms with Gasteiger partial charge in [-0.1, -0.05) is 12.8 Å². The summed E-state index contributed by atoms with van der Waals surface area (Å²) in [5.74, 6) is 0. The molecule has 0 saturated carbocycles. The van der Waals surface area contributed by atoms with E-state index >= 15 is 0 Å². The lowest BCUT2D eigenvalue weighted by Gasteiger charge is -2.12. The van der Waals surface area contributed by atoms with E-state index in [9.17, 15) is 4.79 Å². The van der Waals surface area contributed by atoms with Crippen LogP contribution in [0.25, 0.3) is 0 Å². The Morgan fingerprint density at radius 2 is 1.69 bits per heavy atom. The first-order valence-corrected chi connectivity index (χ1v) is 4.84. The molecule has 0 aromatic rings. The van der Waals surface area contributed by atoms with Crippen molar-refractivity contribution in [1.82, 2.24) is 0 Å². The Morgan fingerprint density at radius 1 is 1.08 bits per heavy atom. The summed E-state index contributed by atoms with van der Waals surface area (Å²) >= 11 is 0. The van der Waals surface area contributed by atoms with E-state index in [1.54, 1.807) is 14.2 Å². The Hall–Kier alpha value is -0.410. The number of carbonyl (C=O) groups is 1. The van der Waals surface area contributed by atoms with Gasteiger partial charge in [0.05, 0.1) is 0 Å². The van der Waals surface area contributed by atoms with Gasteiger partial charge in [0.15, 0.2) is 6.29 Å². The van der Waals surface area contributed by atoms with E-state index in [0.29, 0.717) is 6.42 Å². The molecule has 0 fully saturated rings. The number of hydrogen-bond acceptors (Lipinski definition) is 3. The van der Waals surface area contributed by atoms with Crippen LogP contribution in [0.1, 0.15) is 38.5 Å². The van der Waals surface area contributed by atoms with Gasteiger partial charge in [-0.05, 0) is 19.3 Å². The third-order valence-electron chi connectivity index (χ3n) is 2.04. The zero-order valence-corrected chi connectivity index (χ0v) is 8.62. The minimum atomic E-state index is -0.0638. The van der Waals surface area contributed by atoms with Gasteiger partial charge in [-0.3, -0.25) is 0 Å². The minimum absolute atomic E-state index is 0.0638. The van der Waals surface area contributed by atoms with Crippen molar-refractivity contribution in [3.63, 3.8) is 0 Å². The first-order chi connectivity index (χ1) is 6.35. The molecule has 78 valence electrons. The molecule has 0 aromatic carbocycles. The number of aldehydes is 1. The Bertz CT molecular complexity index is 111. The van der Waals surface area contributed by atoms with Crippen LogP contribution in [0.4, 0.5) is 0 Å². The summed E-state index contributed by atoms with van der Waals surface area (Å²) in [5.41, 5.74) is 0. The second kappa shape index (κ2) is 9.68. The van der Waals surface area contributed by atoms with Crippen LogP contribution in [0, 0.1) is 0 Å². The maximum Gasteiger partial charge on any atom is 0.156 e. The van der Waals surface area contributed by atoms with Crippen molar-refractivity contribution in [3.8, 4) is 0 Å². The van der Waals surface area contributed by atoms with Crippen molar-refractivity contribution in [2.45, 2.75) is 44.8 Å². The fourth-order valence-electron chi connectivity index (χ4n) is 1.22. The van der Waals surface area contributed by atoms with E-state index in [1.807, 2.05) is 0 Å². The van der Waals surface area contributed by atoms with Crippen molar-refractivity contribution in [2.24, 2.45) is 0 Å². The predicted molar refractivity (Wildman–Crippen MR) is 51.6 cm³/mol. The lowest BCUT2D eigenvalue weighted by molar-refractivity contribution is -0.108. The number of carbonyl (C=O) groups excluding carboxylic acids is 1. The smallest absolute Gasteiger partial charge is 0.156 e. The highest BCUT2D eigenvalue weighted by molar-refractivity contribution is 5.48. The SMILES string of the molecule is COC(CCCCCCC=O)OC. The van der Waals surface area contributed by atoms with Gasteiger partial charge in [-0.25, -0.2) is 0 Å². The average Bonchev–Trinajstić information content (AvgIpc) is 2.17. The van der Waals surface area contributed by atoms with E-state index in [-0.39, 0.29) is 6.29 Å². The molecule has 0 rings (SSSR count). The Kier molecular flexibility index (Phi) is 9.37. The van der Waals surface area contributed by atoms with Crippen molar-refractivity contribution >= 4 is 6.29 Å². The molecule has 0 N–H and O–H groups in total. The molecule has 0 aliphatic carbocycles. The molecule has 0 aromatic heterocycles. The van der Waals surface area contributed by atoms with Crippen LogP contribution >= 0.6 is 0 Å². The monoisotopic (exact) mass is 188 g/mol. The van der Waals surface area contributed by atoms with E-state index < -0.39 is 0 Å². The van der Waals surface area contributed by atoms with Crippen molar-refractivity contribution in [2.75, 3.05) is 14.2 Å². The summed E-state index contributed by atoms with van der Waals surface area (Å²) in [6.07, 6.45) is 6.93. The first-order valence-electron chi connectivity index (χ1n) is 4.84.